The van der Waals surface area contributed by atoms with E-state index in [9.17, 15) is 13.5 Å². The number of nitrogens with one attached hydrogen (secondary N) is 2. The number of hydrogen-bond donors (Lipinski definition) is 3. The zero-order valence-corrected chi connectivity index (χ0v) is 13.9. The standard InChI is InChI=1S/C17H20N2O3S/c1-13-3-11-17(12-4-13)23(21,22)19-18-14(2)5-6-15-7-9-16(20)10-8-15/h3-5,7-12,18-20H,6H2,1-2H3. The van der Waals surface area contributed by atoms with Gasteiger partial charge in [0.15, 0.2) is 0 Å². The number of aryl methyl sites for hydroxylation is 1. The molecule has 0 bridgehead atoms. The molecular formula is C17H20N2O3S. The van der Waals surface area contributed by atoms with Crippen molar-refractivity contribution in [2.75, 3.05) is 0 Å². The molecule has 0 heterocycles. The van der Waals surface area contributed by atoms with Crippen LogP contribution in [-0.4, -0.2) is 13.5 Å². The summed E-state index contributed by atoms with van der Waals surface area (Å²) >= 11 is 0. The van der Waals surface area contributed by atoms with Crippen molar-refractivity contribution < 1.29 is 13.5 Å². The molecule has 122 valence electrons. The third kappa shape index (κ3) is 5.12. The van der Waals surface area contributed by atoms with Gasteiger partial charge in [-0.2, -0.15) is 0 Å². The largest absolute Gasteiger partial charge is 0.508 e. The van der Waals surface area contributed by atoms with E-state index in [4.69, 9.17) is 0 Å². The average molecular weight is 332 g/mol. The van der Waals surface area contributed by atoms with Crippen LogP contribution in [0.25, 0.3) is 0 Å². The second-order valence-electron chi connectivity index (χ2n) is 5.30. The maximum Gasteiger partial charge on any atom is 0.257 e. The van der Waals surface area contributed by atoms with Crippen molar-refractivity contribution in [2.24, 2.45) is 0 Å². The van der Waals surface area contributed by atoms with Crippen molar-refractivity contribution in [3.63, 3.8) is 0 Å². The minimum absolute atomic E-state index is 0.210. The molecule has 0 saturated heterocycles. The molecule has 2 aromatic rings. The van der Waals surface area contributed by atoms with E-state index >= 15 is 0 Å². The zero-order chi connectivity index (χ0) is 16.9. The van der Waals surface area contributed by atoms with Crippen molar-refractivity contribution in [3.05, 3.63) is 71.4 Å². The SMILES string of the molecule is CC(=CCc1ccc(O)cc1)NNS(=O)(=O)c1ccc(C)cc1. The molecule has 0 atom stereocenters. The maximum atomic E-state index is 12.1. The molecule has 0 aliphatic rings. The van der Waals surface area contributed by atoms with Crippen LogP contribution < -0.4 is 10.3 Å². The quantitative estimate of drug-likeness (QED) is 0.711. The van der Waals surface area contributed by atoms with E-state index in [1.807, 2.05) is 25.1 Å². The molecule has 6 heteroatoms. The Morgan fingerprint density at radius 2 is 1.70 bits per heavy atom. The van der Waals surface area contributed by atoms with E-state index in [0.717, 1.165) is 11.1 Å². The molecule has 0 aliphatic carbocycles. The summed E-state index contributed by atoms with van der Waals surface area (Å²) < 4.78 is 24.3. The zero-order valence-electron chi connectivity index (χ0n) is 13.1. The smallest absolute Gasteiger partial charge is 0.257 e. The molecule has 0 saturated carbocycles. The highest BCUT2D eigenvalue weighted by atomic mass is 32.2. The number of hydrazine groups is 1. The van der Waals surface area contributed by atoms with E-state index in [1.165, 1.54) is 0 Å². The fourth-order valence-electron chi connectivity index (χ4n) is 1.88. The normalized spacial score (nSPS) is 12.2. The lowest BCUT2D eigenvalue weighted by atomic mass is 10.1. The van der Waals surface area contributed by atoms with Gasteiger partial charge >= 0.3 is 0 Å². The van der Waals surface area contributed by atoms with Crippen LogP contribution in [0.2, 0.25) is 0 Å². The van der Waals surface area contributed by atoms with E-state index in [-0.39, 0.29) is 10.6 Å². The molecule has 0 radical (unpaired) electrons. The second-order valence-corrected chi connectivity index (χ2v) is 6.98. The molecule has 0 spiro atoms. The Kier molecular flexibility index (Phi) is 5.41. The molecule has 2 rings (SSSR count). The number of allylic oxidation sites excluding steroid dienone is 2. The minimum atomic E-state index is -3.60. The molecule has 0 amide bonds. The Morgan fingerprint density at radius 1 is 1.09 bits per heavy atom. The minimum Gasteiger partial charge on any atom is -0.508 e. The number of hydrogen-bond acceptors (Lipinski definition) is 4. The molecule has 0 fully saturated rings. The summed E-state index contributed by atoms with van der Waals surface area (Å²) in [5, 5.41) is 9.23. The lowest BCUT2D eigenvalue weighted by Crippen LogP contribution is -2.36. The van der Waals surface area contributed by atoms with Crippen molar-refractivity contribution in [1.82, 2.24) is 10.3 Å². The second kappa shape index (κ2) is 7.30. The first-order valence-corrected chi connectivity index (χ1v) is 8.64. The van der Waals surface area contributed by atoms with Crippen LogP contribution in [0.4, 0.5) is 0 Å². The van der Waals surface area contributed by atoms with Crippen LogP contribution >= 0.6 is 0 Å². The topological polar surface area (TPSA) is 78.4 Å². The Labute approximate surface area is 136 Å². The summed E-state index contributed by atoms with van der Waals surface area (Å²) in [4.78, 5) is 2.56. The van der Waals surface area contributed by atoms with Crippen molar-refractivity contribution in [1.29, 1.82) is 0 Å². The predicted octanol–water partition coefficient (Wildman–Crippen LogP) is 2.63. The number of phenols is 1. The summed E-state index contributed by atoms with van der Waals surface area (Å²) in [7, 11) is -3.60. The van der Waals surface area contributed by atoms with Gasteiger partial charge in [0.25, 0.3) is 10.0 Å². The van der Waals surface area contributed by atoms with E-state index in [0.29, 0.717) is 12.1 Å². The van der Waals surface area contributed by atoms with Gasteiger partial charge in [-0.25, -0.2) is 8.42 Å². The number of phenolic OH excluding ortho intramolecular Hbond substituents is 1. The maximum absolute atomic E-state index is 12.1. The lowest BCUT2D eigenvalue weighted by Gasteiger charge is -2.10. The number of aromatic hydroxyl groups is 1. The fourth-order valence-corrected chi connectivity index (χ4v) is 2.79. The lowest BCUT2D eigenvalue weighted by molar-refractivity contribution is 0.475. The Morgan fingerprint density at radius 3 is 2.30 bits per heavy atom. The van der Waals surface area contributed by atoms with Gasteiger partial charge in [0.1, 0.15) is 5.75 Å². The summed E-state index contributed by atoms with van der Waals surface area (Å²) in [5.41, 5.74) is 5.40. The van der Waals surface area contributed by atoms with Gasteiger partial charge in [0, 0.05) is 5.70 Å². The molecule has 5 nitrogen and oxygen atoms in total. The van der Waals surface area contributed by atoms with Crippen LogP contribution in [0.15, 0.2) is 65.2 Å². The third-order valence-electron chi connectivity index (χ3n) is 3.29. The molecular weight excluding hydrogens is 312 g/mol. The summed E-state index contributed by atoms with van der Waals surface area (Å²) in [5.74, 6) is 0.221. The third-order valence-corrected chi connectivity index (χ3v) is 4.56. The summed E-state index contributed by atoms with van der Waals surface area (Å²) in [6.07, 6.45) is 2.50. The Bertz CT molecular complexity index is 780. The number of benzene rings is 2. The summed E-state index contributed by atoms with van der Waals surface area (Å²) in [6.45, 7) is 3.68. The molecule has 3 N–H and O–H groups in total. The van der Waals surface area contributed by atoms with E-state index < -0.39 is 10.0 Å². The fraction of sp³-hybridized carbons (Fsp3) is 0.176. The van der Waals surface area contributed by atoms with Gasteiger partial charge in [0.05, 0.1) is 4.90 Å². The molecule has 0 aliphatic heterocycles. The highest BCUT2D eigenvalue weighted by molar-refractivity contribution is 7.89. The van der Waals surface area contributed by atoms with Crippen molar-refractivity contribution >= 4 is 10.0 Å². The number of sulfonamides is 1. The van der Waals surface area contributed by atoms with Crippen LogP contribution in [-0.2, 0) is 16.4 Å². The van der Waals surface area contributed by atoms with E-state index in [1.54, 1.807) is 43.3 Å². The van der Waals surface area contributed by atoms with Gasteiger partial charge in [-0.15, -0.1) is 4.83 Å². The van der Waals surface area contributed by atoms with Gasteiger partial charge in [-0.05, 0) is 50.1 Å². The van der Waals surface area contributed by atoms with E-state index in [2.05, 4.69) is 10.3 Å². The van der Waals surface area contributed by atoms with Crippen LogP contribution in [0.5, 0.6) is 5.75 Å². The molecule has 2 aromatic carbocycles. The first-order chi connectivity index (χ1) is 10.9. The van der Waals surface area contributed by atoms with Gasteiger partial charge < -0.3 is 10.5 Å². The van der Waals surface area contributed by atoms with Crippen LogP contribution in [0.1, 0.15) is 18.1 Å². The molecule has 23 heavy (non-hydrogen) atoms. The first kappa shape index (κ1) is 17.1. The number of rotatable bonds is 6. The van der Waals surface area contributed by atoms with Gasteiger partial charge in [-0.1, -0.05) is 35.9 Å². The van der Waals surface area contributed by atoms with Gasteiger partial charge in [-0.3, -0.25) is 0 Å². The monoisotopic (exact) mass is 332 g/mol. The summed E-state index contributed by atoms with van der Waals surface area (Å²) in [6, 6.07) is 13.5. The van der Waals surface area contributed by atoms with Crippen LogP contribution in [0, 0.1) is 6.92 Å². The average Bonchev–Trinajstić information content (AvgIpc) is 2.53. The van der Waals surface area contributed by atoms with Crippen LogP contribution in [0.3, 0.4) is 0 Å². The highest BCUT2D eigenvalue weighted by Gasteiger charge is 2.12. The molecule has 0 aromatic heterocycles. The Hall–Kier alpha value is -2.31. The Balaban J connectivity index is 1.94. The highest BCUT2D eigenvalue weighted by Crippen LogP contribution is 2.11. The van der Waals surface area contributed by atoms with Gasteiger partial charge in [0.2, 0.25) is 0 Å². The predicted molar refractivity (Wildman–Crippen MR) is 90.2 cm³/mol. The molecule has 0 unspecified atom stereocenters. The van der Waals surface area contributed by atoms with Crippen molar-refractivity contribution in [2.45, 2.75) is 25.2 Å². The van der Waals surface area contributed by atoms with Crippen molar-refractivity contribution in [3.8, 4) is 5.75 Å². The first-order valence-electron chi connectivity index (χ1n) is 7.16.